The zero-order valence-corrected chi connectivity index (χ0v) is 19.6. The second-order valence-corrected chi connectivity index (χ2v) is 8.11. The number of aryl methyl sites for hydroxylation is 1. The number of phenolic OH excluding ortho intramolecular Hbond substituents is 1. The lowest BCUT2D eigenvalue weighted by Gasteiger charge is -2.18. The fourth-order valence-corrected chi connectivity index (χ4v) is 3.50. The molecule has 0 amide bonds. The molecule has 1 aromatic heterocycles. The second-order valence-electron chi connectivity index (χ2n) is 8.11. The maximum atomic E-state index is 13.2. The van der Waals surface area contributed by atoms with Crippen LogP contribution in [0.1, 0.15) is 54.8 Å². The standard InChI is InChI=1S/C26H31NO6/c1-5-7-14-27(4)16-21-22(28)13-12-20-23(29)24(17(3)32-25(20)21)33-19-10-8-18(9-11-19)26(30)31-15-6-2/h8-13,28H,5-7,14-16H2,1-4H3. The van der Waals surface area contributed by atoms with Gasteiger partial charge in [-0.25, -0.2) is 4.79 Å². The first-order valence-corrected chi connectivity index (χ1v) is 11.3. The Hall–Kier alpha value is -3.32. The molecule has 7 heteroatoms. The second kappa shape index (κ2) is 11.0. The third-order valence-electron chi connectivity index (χ3n) is 5.33. The number of aromatic hydroxyl groups is 1. The average molecular weight is 454 g/mol. The smallest absolute Gasteiger partial charge is 0.338 e. The van der Waals surface area contributed by atoms with Crippen LogP contribution in [0.15, 0.2) is 45.6 Å². The number of carbonyl (C=O) groups is 1. The van der Waals surface area contributed by atoms with E-state index in [1.807, 2.05) is 14.0 Å². The van der Waals surface area contributed by atoms with Crippen LogP contribution in [0.3, 0.4) is 0 Å². The predicted molar refractivity (Wildman–Crippen MR) is 127 cm³/mol. The Balaban J connectivity index is 1.90. The summed E-state index contributed by atoms with van der Waals surface area (Å²) in [5.74, 6) is 0.463. The maximum absolute atomic E-state index is 13.2. The number of rotatable bonds is 10. The fraction of sp³-hybridized carbons (Fsp3) is 0.385. The van der Waals surface area contributed by atoms with Crippen LogP contribution >= 0.6 is 0 Å². The molecular formula is C26H31NO6. The Labute approximate surface area is 193 Å². The summed E-state index contributed by atoms with van der Waals surface area (Å²) < 4.78 is 16.9. The molecule has 0 aliphatic carbocycles. The maximum Gasteiger partial charge on any atom is 0.338 e. The summed E-state index contributed by atoms with van der Waals surface area (Å²) in [5, 5.41) is 10.8. The number of unbranched alkanes of at least 4 members (excludes halogenated alkanes) is 1. The Morgan fingerprint density at radius 3 is 2.48 bits per heavy atom. The number of hydrogen-bond acceptors (Lipinski definition) is 7. The van der Waals surface area contributed by atoms with Crippen molar-refractivity contribution in [2.24, 2.45) is 0 Å². The normalized spacial score (nSPS) is 11.2. The molecule has 176 valence electrons. The van der Waals surface area contributed by atoms with Gasteiger partial charge in [-0.15, -0.1) is 0 Å². The molecule has 0 fully saturated rings. The van der Waals surface area contributed by atoms with E-state index in [0.29, 0.717) is 46.8 Å². The molecule has 0 saturated carbocycles. The van der Waals surface area contributed by atoms with Crippen LogP contribution in [0, 0.1) is 6.92 Å². The van der Waals surface area contributed by atoms with Gasteiger partial charge >= 0.3 is 5.97 Å². The molecule has 3 aromatic rings. The summed E-state index contributed by atoms with van der Waals surface area (Å²) >= 11 is 0. The van der Waals surface area contributed by atoms with E-state index < -0.39 is 5.97 Å². The van der Waals surface area contributed by atoms with Crippen molar-refractivity contribution < 1.29 is 23.8 Å². The number of phenols is 1. The quantitative estimate of drug-likeness (QED) is 0.411. The van der Waals surface area contributed by atoms with E-state index in [4.69, 9.17) is 13.9 Å². The Morgan fingerprint density at radius 2 is 1.82 bits per heavy atom. The van der Waals surface area contributed by atoms with Gasteiger partial charge in [0.25, 0.3) is 0 Å². The summed E-state index contributed by atoms with van der Waals surface area (Å²) in [6.45, 7) is 7.40. The van der Waals surface area contributed by atoms with E-state index in [0.717, 1.165) is 25.8 Å². The molecule has 1 heterocycles. The summed E-state index contributed by atoms with van der Waals surface area (Å²) in [6.07, 6.45) is 2.86. The molecule has 0 aliphatic rings. The Morgan fingerprint density at radius 1 is 1.09 bits per heavy atom. The highest BCUT2D eigenvalue weighted by molar-refractivity contribution is 5.89. The number of esters is 1. The minimum Gasteiger partial charge on any atom is -0.507 e. The molecule has 0 aliphatic heterocycles. The fourth-order valence-electron chi connectivity index (χ4n) is 3.50. The number of benzene rings is 2. The monoisotopic (exact) mass is 453 g/mol. The summed E-state index contributed by atoms with van der Waals surface area (Å²) in [6, 6.07) is 9.46. The lowest BCUT2D eigenvalue weighted by Crippen LogP contribution is -2.19. The average Bonchev–Trinajstić information content (AvgIpc) is 2.81. The van der Waals surface area contributed by atoms with E-state index in [1.54, 1.807) is 37.3 Å². The largest absolute Gasteiger partial charge is 0.507 e. The van der Waals surface area contributed by atoms with Gasteiger partial charge in [0, 0.05) is 6.54 Å². The van der Waals surface area contributed by atoms with Crippen molar-refractivity contribution >= 4 is 16.9 Å². The molecule has 0 saturated heterocycles. The first kappa shape index (κ1) is 24.3. The van der Waals surface area contributed by atoms with Gasteiger partial charge in [-0.1, -0.05) is 20.3 Å². The molecule has 0 spiro atoms. The number of fused-ring (bicyclic) bond motifs is 1. The molecule has 3 rings (SSSR count). The third kappa shape index (κ3) is 5.73. The van der Waals surface area contributed by atoms with E-state index in [9.17, 15) is 14.7 Å². The topological polar surface area (TPSA) is 89.2 Å². The predicted octanol–water partition coefficient (Wildman–Crippen LogP) is 5.40. The van der Waals surface area contributed by atoms with Crippen molar-refractivity contribution in [1.82, 2.24) is 4.90 Å². The van der Waals surface area contributed by atoms with Crippen molar-refractivity contribution in [3.63, 3.8) is 0 Å². The lowest BCUT2D eigenvalue weighted by atomic mass is 10.1. The molecule has 0 unspecified atom stereocenters. The highest BCUT2D eigenvalue weighted by Crippen LogP contribution is 2.31. The van der Waals surface area contributed by atoms with Crippen LogP contribution < -0.4 is 10.2 Å². The van der Waals surface area contributed by atoms with Gasteiger partial charge in [-0.2, -0.15) is 0 Å². The van der Waals surface area contributed by atoms with E-state index in [2.05, 4.69) is 11.8 Å². The molecule has 7 nitrogen and oxygen atoms in total. The van der Waals surface area contributed by atoms with Crippen molar-refractivity contribution in [3.8, 4) is 17.2 Å². The van der Waals surface area contributed by atoms with E-state index >= 15 is 0 Å². The van der Waals surface area contributed by atoms with Crippen LogP contribution in [0.25, 0.3) is 11.0 Å². The number of hydrogen-bond donors (Lipinski definition) is 1. The molecule has 1 N–H and O–H groups in total. The van der Waals surface area contributed by atoms with Gasteiger partial charge < -0.3 is 23.9 Å². The van der Waals surface area contributed by atoms with Crippen molar-refractivity contribution in [2.45, 2.75) is 46.6 Å². The minimum absolute atomic E-state index is 0.0692. The van der Waals surface area contributed by atoms with Crippen LogP contribution in [0.5, 0.6) is 17.2 Å². The van der Waals surface area contributed by atoms with Crippen molar-refractivity contribution in [1.29, 1.82) is 0 Å². The van der Waals surface area contributed by atoms with Crippen LogP contribution in [0.2, 0.25) is 0 Å². The molecule has 0 radical (unpaired) electrons. The van der Waals surface area contributed by atoms with Crippen molar-refractivity contribution in [2.75, 3.05) is 20.2 Å². The van der Waals surface area contributed by atoms with Crippen LogP contribution in [-0.4, -0.2) is 36.2 Å². The Bertz CT molecular complexity index is 1170. The molecule has 0 bridgehead atoms. The number of ether oxygens (including phenoxy) is 2. The minimum atomic E-state index is -0.402. The van der Waals surface area contributed by atoms with Gasteiger partial charge in [0.15, 0.2) is 0 Å². The molecule has 33 heavy (non-hydrogen) atoms. The summed E-state index contributed by atoms with van der Waals surface area (Å²) in [7, 11) is 1.97. The van der Waals surface area contributed by atoms with Gasteiger partial charge in [0.05, 0.1) is 23.1 Å². The molecular weight excluding hydrogens is 422 g/mol. The highest BCUT2D eigenvalue weighted by Gasteiger charge is 2.19. The van der Waals surface area contributed by atoms with Crippen molar-refractivity contribution in [3.05, 3.63) is 63.5 Å². The van der Waals surface area contributed by atoms with Gasteiger partial charge in [-0.05, 0) is 69.8 Å². The first-order chi connectivity index (χ1) is 15.8. The van der Waals surface area contributed by atoms with Gasteiger partial charge in [0.1, 0.15) is 22.8 Å². The van der Waals surface area contributed by atoms with Gasteiger partial charge in [-0.3, -0.25) is 4.79 Å². The Kier molecular flexibility index (Phi) is 8.11. The van der Waals surface area contributed by atoms with E-state index in [-0.39, 0.29) is 16.9 Å². The van der Waals surface area contributed by atoms with Gasteiger partial charge in [0.2, 0.25) is 11.2 Å². The summed E-state index contributed by atoms with van der Waals surface area (Å²) in [4.78, 5) is 27.3. The highest BCUT2D eigenvalue weighted by atomic mass is 16.5. The third-order valence-corrected chi connectivity index (χ3v) is 5.33. The first-order valence-electron chi connectivity index (χ1n) is 11.3. The van der Waals surface area contributed by atoms with E-state index in [1.165, 1.54) is 6.07 Å². The number of nitrogens with zero attached hydrogens (tertiary/aromatic N) is 1. The number of carbonyl (C=O) groups excluding carboxylic acids is 1. The van der Waals surface area contributed by atoms with Crippen LogP contribution in [0.4, 0.5) is 0 Å². The molecule has 2 aromatic carbocycles. The molecule has 0 atom stereocenters. The SMILES string of the molecule is CCCCN(C)Cc1c(O)ccc2c(=O)c(Oc3ccc(C(=O)OCCC)cc3)c(C)oc12. The zero-order chi connectivity index (χ0) is 24.0. The lowest BCUT2D eigenvalue weighted by molar-refractivity contribution is 0.0505. The summed E-state index contributed by atoms with van der Waals surface area (Å²) in [5.41, 5.74) is 1.03. The van der Waals surface area contributed by atoms with Crippen LogP contribution in [-0.2, 0) is 11.3 Å². The zero-order valence-electron chi connectivity index (χ0n) is 19.6.